The van der Waals surface area contributed by atoms with E-state index in [1.807, 2.05) is 18.2 Å². The Bertz CT molecular complexity index is 616. The molecule has 0 bridgehead atoms. The van der Waals surface area contributed by atoms with Crippen LogP contribution in [0.2, 0.25) is 0 Å². The van der Waals surface area contributed by atoms with Gasteiger partial charge >= 0.3 is 0 Å². The van der Waals surface area contributed by atoms with Crippen molar-refractivity contribution in [1.82, 2.24) is 0 Å². The van der Waals surface area contributed by atoms with E-state index in [2.05, 4.69) is 0 Å². The minimum absolute atomic E-state index is 0.0126. The van der Waals surface area contributed by atoms with Gasteiger partial charge in [0.25, 0.3) is 10.1 Å². The molecule has 0 spiro atoms. The van der Waals surface area contributed by atoms with Gasteiger partial charge in [-0.15, -0.1) is 0 Å². The fraction of sp³-hybridized carbons (Fsp3) is 0.600. The Labute approximate surface area is 131 Å². The van der Waals surface area contributed by atoms with Crippen molar-refractivity contribution in [3.05, 3.63) is 23.8 Å². The molecule has 1 aliphatic rings. The van der Waals surface area contributed by atoms with Crippen molar-refractivity contribution >= 4 is 10.1 Å². The third-order valence-electron chi connectivity index (χ3n) is 4.01. The highest BCUT2D eigenvalue weighted by Crippen LogP contribution is 2.39. The second kappa shape index (κ2) is 6.85. The van der Waals surface area contributed by atoms with Crippen molar-refractivity contribution in [3.63, 3.8) is 0 Å². The van der Waals surface area contributed by atoms with Crippen molar-refractivity contribution < 1.29 is 22.1 Å². The molecule has 1 aromatic rings. The van der Waals surface area contributed by atoms with Crippen molar-refractivity contribution in [2.45, 2.75) is 37.3 Å². The Balaban J connectivity index is 2.25. The Morgan fingerprint density at radius 1 is 1.18 bits per heavy atom. The highest BCUT2D eigenvalue weighted by Gasteiger charge is 2.33. The van der Waals surface area contributed by atoms with E-state index in [-0.39, 0.29) is 18.1 Å². The number of methoxy groups -OCH3 is 2. The fourth-order valence-corrected chi connectivity index (χ4v) is 3.64. The number of hydrogen-bond acceptors (Lipinski definition) is 6. The van der Waals surface area contributed by atoms with Gasteiger partial charge in [-0.2, -0.15) is 8.42 Å². The SMILES string of the molecule is COc1ccc(C2CC(OS(C)(=O)=O)CCC2N)c(OC)c1. The van der Waals surface area contributed by atoms with Crippen LogP contribution in [0.1, 0.15) is 30.7 Å². The van der Waals surface area contributed by atoms with E-state index < -0.39 is 10.1 Å². The largest absolute Gasteiger partial charge is 0.497 e. The number of nitrogens with two attached hydrogens (primary N) is 1. The zero-order valence-corrected chi connectivity index (χ0v) is 13.9. The van der Waals surface area contributed by atoms with Crippen LogP contribution in [0.3, 0.4) is 0 Å². The third-order valence-corrected chi connectivity index (χ3v) is 4.63. The molecule has 0 saturated heterocycles. The van der Waals surface area contributed by atoms with Crippen molar-refractivity contribution in [2.24, 2.45) is 5.73 Å². The molecule has 1 saturated carbocycles. The monoisotopic (exact) mass is 329 g/mol. The van der Waals surface area contributed by atoms with Gasteiger partial charge in [0.05, 0.1) is 26.6 Å². The average Bonchev–Trinajstić information content (AvgIpc) is 2.47. The van der Waals surface area contributed by atoms with Gasteiger partial charge in [-0.1, -0.05) is 6.07 Å². The summed E-state index contributed by atoms with van der Waals surface area (Å²) in [7, 11) is -0.277. The maximum Gasteiger partial charge on any atom is 0.264 e. The Kier molecular flexibility index (Phi) is 5.31. The average molecular weight is 329 g/mol. The number of benzene rings is 1. The number of ether oxygens (including phenoxy) is 2. The first-order chi connectivity index (χ1) is 10.3. The molecule has 2 rings (SSSR count). The summed E-state index contributed by atoms with van der Waals surface area (Å²) in [5, 5.41) is 0. The van der Waals surface area contributed by atoms with Gasteiger partial charge in [0.15, 0.2) is 0 Å². The van der Waals surface area contributed by atoms with E-state index in [9.17, 15) is 8.42 Å². The zero-order chi connectivity index (χ0) is 16.3. The summed E-state index contributed by atoms with van der Waals surface area (Å²) in [5.41, 5.74) is 7.20. The number of hydrogen-bond donors (Lipinski definition) is 1. The molecule has 3 unspecified atom stereocenters. The van der Waals surface area contributed by atoms with E-state index in [0.29, 0.717) is 30.8 Å². The van der Waals surface area contributed by atoms with Crippen LogP contribution in [0.15, 0.2) is 18.2 Å². The fourth-order valence-electron chi connectivity index (χ4n) is 2.97. The van der Waals surface area contributed by atoms with E-state index >= 15 is 0 Å². The standard InChI is InChI=1S/C15H23NO5S/c1-19-10-4-6-12(15(9-10)20-2)13-8-11(5-7-14(13)16)21-22(3,17)18/h4,6,9,11,13-14H,5,7-8,16H2,1-3H3. The molecule has 1 fully saturated rings. The maximum atomic E-state index is 11.3. The van der Waals surface area contributed by atoms with Gasteiger partial charge in [-0.05, 0) is 30.9 Å². The molecule has 0 aromatic heterocycles. The lowest BCUT2D eigenvalue weighted by Gasteiger charge is -2.34. The molecule has 0 heterocycles. The lowest BCUT2D eigenvalue weighted by atomic mass is 9.79. The zero-order valence-electron chi connectivity index (χ0n) is 13.1. The quantitative estimate of drug-likeness (QED) is 0.826. The molecule has 0 aliphatic heterocycles. The van der Waals surface area contributed by atoms with Gasteiger partial charge < -0.3 is 15.2 Å². The summed E-state index contributed by atoms with van der Waals surface area (Å²) in [6.07, 6.45) is 2.64. The normalized spacial score (nSPS) is 25.7. The first kappa shape index (κ1) is 17.1. The molecule has 124 valence electrons. The van der Waals surface area contributed by atoms with E-state index in [4.69, 9.17) is 19.4 Å². The molecular weight excluding hydrogens is 306 g/mol. The molecule has 1 aromatic carbocycles. The lowest BCUT2D eigenvalue weighted by molar-refractivity contribution is 0.141. The predicted octanol–water partition coefficient (Wildman–Crippen LogP) is 1.64. The maximum absolute atomic E-state index is 11.3. The summed E-state index contributed by atoms with van der Waals surface area (Å²) in [6.45, 7) is 0. The van der Waals surface area contributed by atoms with Crippen LogP contribution in [-0.2, 0) is 14.3 Å². The Morgan fingerprint density at radius 3 is 2.50 bits per heavy atom. The van der Waals surface area contributed by atoms with Crippen LogP contribution in [0.5, 0.6) is 11.5 Å². The summed E-state index contributed by atoms with van der Waals surface area (Å²) in [6, 6.07) is 5.53. The molecular formula is C15H23NO5S. The second-order valence-electron chi connectivity index (χ2n) is 5.61. The first-order valence-electron chi connectivity index (χ1n) is 7.20. The molecule has 2 N–H and O–H groups in total. The van der Waals surface area contributed by atoms with Gasteiger partial charge in [-0.25, -0.2) is 0 Å². The molecule has 3 atom stereocenters. The summed E-state index contributed by atoms with van der Waals surface area (Å²) >= 11 is 0. The van der Waals surface area contributed by atoms with Crippen LogP contribution < -0.4 is 15.2 Å². The van der Waals surface area contributed by atoms with Gasteiger partial charge in [0, 0.05) is 18.0 Å². The number of rotatable bonds is 5. The lowest BCUT2D eigenvalue weighted by Crippen LogP contribution is -2.38. The van der Waals surface area contributed by atoms with Gasteiger partial charge in [0.2, 0.25) is 0 Å². The minimum atomic E-state index is -3.47. The summed E-state index contributed by atoms with van der Waals surface area (Å²) < 4.78 is 38.4. The van der Waals surface area contributed by atoms with Gasteiger partial charge in [0.1, 0.15) is 11.5 Å². The van der Waals surface area contributed by atoms with Crippen molar-refractivity contribution in [3.8, 4) is 11.5 Å². The van der Waals surface area contributed by atoms with E-state index in [0.717, 1.165) is 11.8 Å². The molecule has 1 aliphatic carbocycles. The second-order valence-corrected chi connectivity index (χ2v) is 7.21. The Hall–Kier alpha value is -1.31. The molecule has 6 nitrogen and oxygen atoms in total. The molecule has 22 heavy (non-hydrogen) atoms. The van der Waals surface area contributed by atoms with E-state index in [1.54, 1.807) is 14.2 Å². The smallest absolute Gasteiger partial charge is 0.264 e. The summed E-state index contributed by atoms with van der Waals surface area (Å²) in [4.78, 5) is 0. The highest BCUT2D eigenvalue weighted by atomic mass is 32.2. The van der Waals surface area contributed by atoms with Crippen LogP contribution in [0, 0.1) is 0 Å². The predicted molar refractivity (Wildman–Crippen MR) is 83.8 cm³/mol. The first-order valence-corrected chi connectivity index (χ1v) is 9.01. The van der Waals surface area contributed by atoms with Crippen molar-refractivity contribution in [1.29, 1.82) is 0 Å². The van der Waals surface area contributed by atoms with Crippen LogP contribution in [0.4, 0.5) is 0 Å². The minimum Gasteiger partial charge on any atom is -0.497 e. The molecule has 7 heteroatoms. The van der Waals surface area contributed by atoms with Crippen LogP contribution in [0.25, 0.3) is 0 Å². The van der Waals surface area contributed by atoms with E-state index in [1.165, 1.54) is 0 Å². The topological polar surface area (TPSA) is 87.9 Å². The molecule has 0 amide bonds. The molecule has 0 radical (unpaired) electrons. The highest BCUT2D eigenvalue weighted by molar-refractivity contribution is 7.86. The third kappa shape index (κ3) is 4.12. The van der Waals surface area contributed by atoms with Crippen molar-refractivity contribution in [2.75, 3.05) is 20.5 Å². The van der Waals surface area contributed by atoms with Crippen LogP contribution in [-0.4, -0.2) is 41.0 Å². The van der Waals surface area contributed by atoms with Gasteiger partial charge in [-0.3, -0.25) is 4.18 Å². The Morgan fingerprint density at radius 2 is 1.91 bits per heavy atom. The van der Waals surface area contributed by atoms with Crippen LogP contribution >= 0.6 is 0 Å². The summed E-state index contributed by atoms with van der Waals surface area (Å²) in [5.74, 6) is 1.38.